The zero-order valence-electron chi connectivity index (χ0n) is 12.8. The third-order valence-electron chi connectivity index (χ3n) is 4.63. The van der Waals surface area contributed by atoms with Gasteiger partial charge in [0.15, 0.2) is 0 Å². The molecule has 0 aliphatic heterocycles. The van der Waals surface area contributed by atoms with Crippen LogP contribution < -0.4 is 5.32 Å². The van der Waals surface area contributed by atoms with Gasteiger partial charge in [-0.3, -0.25) is 0 Å². The molecule has 1 N–H and O–H groups in total. The number of fused-ring (bicyclic) bond motifs is 1. The number of halogens is 1. The van der Waals surface area contributed by atoms with Crippen LogP contribution in [0.3, 0.4) is 0 Å². The summed E-state index contributed by atoms with van der Waals surface area (Å²) in [5, 5.41) is 4.63. The molecule has 0 bridgehead atoms. The summed E-state index contributed by atoms with van der Waals surface area (Å²) in [6.45, 7) is 12.7. The molecule has 1 aromatic carbocycles. The molecule has 2 unspecified atom stereocenters. The second-order valence-electron chi connectivity index (χ2n) is 7.07. The van der Waals surface area contributed by atoms with E-state index in [1.165, 1.54) is 11.1 Å². The molecular formula is C17H26ClN. The van der Waals surface area contributed by atoms with Gasteiger partial charge in [0.25, 0.3) is 0 Å². The van der Waals surface area contributed by atoms with Crippen molar-refractivity contribution in [2.75, 3.05) is 6.54 Å². The van der Waals surface area contributed by atoms with E-state index in [-0.39, 0.29) is 5.41 Å². The van der Waals surface area contributed by atoms with Gasteiger partial charge in [0.2, 0.25) is 0 Å². The van der Waals surface area contributed by atoms with Gasteiger partial charge >= 0.3 is 0 Å². The fourth-order valence-electron chi connectivity index (χ4n) is 2.94. The second kappa shape index (κ2) is 5.46. The fourth-order valence-corrected chi connectivity index (χ4v) is 3.12. The maximum Gasteiger partial charge on any atom is 0.0409 e. The predicted molar refractivity (Wildman–Crippen MR) is 83.7 cm³/mol. The Morgan fingerprint density at radius 3 is 2.63 bits per heavy atom. The summed E-state index contributed by atoms with van der Waals surface area (Å²) in [7, 11) is 0. The van der Waals surface area contributed by atoms with E-state index >= 15 is 0 Å². The Bertz CT molecular complexity index is 451. The second-order valence-corrected chi connectivity index (χ2v) is 7.51. The maximum absolute atomic E-state index is 6.17. The van der Waals surface area contributed by atoms with E-state index in [0.29, 0.717) is 12.0 Å². The molecule has 1 aromatic rings. The Hall–Kier alpha value is -0.530. The molecule has 1 aliphatic rings. The van der Waals surface area contributed by atoms with Gasteiger partial charge < -0.3 is 5.32 Å². The van der Waals surface area contributed by atoms with Crippen LogP contribution in [-0.4, -0.2) is 6.54 Å². The minimum absolute atomic E-state index is 0.268. The van der Waals surface area contributed by atoms with Crippen molar-refractivity contribution in [2.45, 2.75) is 47.1 Å². The van der Waals surface area contributed by atoms with Crippen molar-refractivity contribution in [3.05, 3.63) is 34.3 Å². The lowest BCUT2D eigenvalue weighted by Gasteiger charge is -2.30. The summed E-state index contributed by atoms with van der Waals surface area (Å²) < 4.78 is 0. The van der Waals surface area contributed by atoms with Crippen LogP contribution in [0.15, 0.2) is 18.2 Å². The highest BCUT2D eigenvalue weighted by atomic mass is 35.5. The van der Waals surface area contributed by atoms with Crippen LogP contribution >= 0.6 is 11.6 Å². The highest BCUT2D eigenvalue weighted by Crippen LogP contribution is 2.45. The molecule has 0 fully saturated rings. The quantitative estimate of drug-likeness (QED) is 0.831. The van der Waals surface area contributed by atoms with Gasteiger partial charge in [-0.25, -0.2) is 0 Å². The van der Waals surface area contributed by atoms with E-state index in [9.17, 15) is 0 Å². The largest absolute Gasteiger partial charge is 0.309 e. The highest BCUT2D eigenvalue weighted by molar-refractivity contribution is 6.30. The molecule has 0 spiro atoms. The molecular weight excluding hydrogens is 254 g/mol. The monoisotopic (exact) mass is 279 g/mol. The summed E-state index contributed by atoms with van der Waals surface area (Å²) in [6, 6.07) is 6.76. The van der Waals surface area contributed by atoms with E-state index in [2.05, 4.69) is 52.1 Å². The van der Waals surface area contributed by atoms with E-state index in [1.807, 2.05) is 6.07 Å². The Kier molecular flexibility index (Phi) is 4.27. The van der Waals surface area contributed by atoms with Crippen molar-refractivity contribution < 1.29 is 0 Å². The van der Waals surface area contributed by atoms with E-state index in [0.717, 1.165) is 23.9 Å². The SMILES string of the molecule is CC(C)C(C)CNC1c2cc(Cl)ccc2CC1(C)C. The lowest BCUT2D eigenvalue weighted by molar-refractivity contribution is 0.249. The highest BCUT2D eigenvalue weighted by Gasteiger charge is 2.38. The Labute approximate surface area is 122 Å². The summed E-state index contributed by atoms with van der Waals surface area (Å²) in [6.07, 6.45) is 1.13. The molecule has 19 heavy (non-hydrogen) atoms. The number of hydrogen-bond donors (Lipinski definition) is 1. The predicted octanol–water partition coefficient (Wildman–Crippen LogP) is 4.85. The molecule has 0 saturated carbocycles. The fraction of sp³-hybridized carbons (Fsp3) is 0.647. The van der Waals surface area contributed by atoms with Crippen molar-refractivity contribution in [2.24, 2.45) is 17.3 Å². The summed E-state index contributed by atoms with van der Waals surface area (Å²) >= 11 is 6.17. The Morgan fingerprint density at radius 2 is 2.00 bits per heavy atom. The molecule has 0 aromatic heterocycles. The first-order valence-electron chi connectivity index (χ1n) is 7.33. The number of rotatable bonds is 4. The molecule has 106 valence electrons. The average Bonchev–Trinajstić information content (AvgIpc) is 2.56. The minimum atomic E-state index is 0.268. The summed E-state index contributed by atoms with van der Waals surface area (Å²) in [5.74, 6) is 1.41. The van der Waals surface area contributed by atoms with Crippen molar-refractivity contribution >= 4 is 11.6 Å². The number of hydrogen-bond acceptors (Lipinski definition) is 1. The molecule has 0 heterocycles. The molecule has 0 radical (unpaired) electrons. The van der Waals surface area contributed by atoms with Crippen molar-refractivity contribution in [3.63, 3.8) is 0 Å². The van der Waals surface area contributed by atoms with Gasteiger partial charge in [-0.15, -0.1) is 0 Å². The van der Waals surface area contributed by atoms with Crippen LogP contribution in [0.2, 0.25) is 5.02 Å². The van der Waals surface area contributed by atoms with Crippen LogP contribution in [0.1, 0.15) is 51.8 Å². The standard InChI is InChI=1S/C17H26ClN/c1-11(2)12(3)10-19-16-15-8-14(18)7-6-13(15)9-17(16,4)5/h6-8,11-12,16,19H,9-10H2,1-5H3. The summed E-state index contributed by atoms with van der Waals surface area (Å²) in [5.41, 5.74) is 3.11. The molecule has 2 atom stereocenters. The average molecular weight is 280 g/mol. The smallest absolute Gasteiger partial charge is 0.0409 e. The lowest BCUT2D eigenvalue weighted by atomic mass is 9.85. The van der Waals surface area contributed by atoms with Gasteiger partial charge in [0.1, 0.15) is 0 Å². The number of nitrogens with one attached hydrogen (secondary N) is 1. The third-order valence-corrected chi connectivity index (χ3v) is 4.86. The van der Waals surface area contributed by atoms with Gasteiger partial charge in [0.05, 0.1) is 0 Å². The van der Waals surface area contributed by atoms with Crippen LogP contribution in [0.5, 0.6) is 0 Å². The topological polar surface area (TPSA) is 12.0 Å². The molecule has 1 aliphatic carbocycles. The van der Waals surface area contributed by atoms with E-state index in [1.54, 1.807) is 0 Å². The van der Waals surface area contributed by atoms with Gasteiger partial charge in [-0.05, 0) is 53.5 Å². The van der Waals surface area contributed by atoms with Gasteiger partial charge in [-0.2, -0.15) is 0 Å². The molecule has 0 amide bonds. The van der Waals surface area contributed by atoms with Crippen molar-refractivity contribution in [1.82, 2.24) is 5.32 Å². The Morgan fingerprint density at radius 1 is 1.32 bits per heavy atom. The molecule has 2 rings (SSSR count). The minimum Gasteiger partial charge on any atom is -0.309 e. The normalized spacial score (nSPS) is 22.6. The van der Waals surface area contributed by atoms with Crippen LogP contribution in [0.25, 0.3) is 0 Å². The first-order chi connectivity index (χ1) is 8.81. The van der Waals surface area contributed by atoms with Crippen LogP contribution in [0, 0.1) is 17.3 Å². The molecule has 1 nitrogen and oxygen atoms in total. The van der Waals surface area contributed by atoms with E-state index in [4.69, 9.17) is 11.6 Å². The van der Waals surface area contributed by atoms with Crippen molar-refractivity contribution in [3.8, 4) is 0 Å². The first-order valence-corrected chi connectivity index (χ1v) is 7.71. The van der Waals surface area contributed by atoms with Crippen molar-refractivity contribution in [1.29, 1.82) is 0 Å². The van der Waals surface area contributed by atoms with Gasteiger partial charge in [0, 0.05) is 11.1 Å². The number of benzene rings is 1. The first kappa shape index (κ1) is 14.9. The molecule has 0 saturated heterocycles. The van der Waals surface area contributed by atoms with Crippen LogP contribution in [0.4, 0.5) is 0 Å². The summed E-state index contributed by atoms with van der Waals surface area (Å²) in [4.78, 5) is 0. The van der Waals surface area contributed by atoms with Crippen LogP contribution in [-0.2, 0) is 6.42 Å². The third kappa shape index (κ3) is 3.14. The lowest BCUT2D eigenvalue weighted by Crippen LogP contribution is -2.34. The molecule has 2 heteroatoms. The zero-order valence-corrected chi connectivity index (χ0v) is 13.5. The Balaban J connectivity index is 2.17. The van der Waals surface area contributed by atoms with Gasteiger partial charge in [-0.1, -0.05) is 52.3 Å². The van der Waals surface area contributed by atoms with E-state index < -0.39 is 0 Å². The maximum atomic E-state index is 6.17. The zero-order chi connectivity index (χ0) is 14.2.